The molecule has 1 saturated carbocycles. The topological polar surface area (TPSA) is 106 Å². The number of carboxylic acids is 1. The molecule has 2 atom stereocenters. The van der Waals surface area contributed by atoms with Crippen LogP contribution >= 0.6 is 11.6 Å². The third-order valence-electron chi connectivity index (χ3n) is 6.39. The molecule has 0 spiro atoms. The molecule has 37 heavy (non-hydrogen) atoms. The number of carboxylic acid groups (broad SMARTS) is 1. The molecule has 1 heterocycles. The Labute approximate surface area is 219 Å². The summed E-state index contributed by atoms with van der Waals surface area (Å²) in [5.41, 5.74) is 1.66. The van der Waals surface area contributed by atoms with Gasteiger partial charge in [-0.1, -0.05) is 54.1 Å². The molecule has 4 aromatic rings. The summed E-state index contributed by atoms with van der Waals surface area (Å²) in [6.07, 6.45) is 3.52. The average Bonchev–Trinajstić information content (AvgIpc) is 3.64. The molecule has 1 aromatic heterocycles. The molecule has 0 radical (unpaired) electrons. The summed E-state index contributed by atoms with van der Waals surface area (Å²) in [4.78, 5) is 16.3. The number of nitrogens with one attached hydrogen (secondary N) is 1. The summed E-state index contributed by atoms with van der Waals surface area (Å²) in [5.74, 6) is -1.19. The lowest BCUT2D eigenvalue weighted by Crippen LogP contribution is -2.44. The number of hydrogen-bond donors (Lipinski definition) is 2. The zero-order valence-electron chi connectivity index (χ0n) is 19.5. The number of aromatic nitrogens is 1. The highest BCUT2D eigenvalue weighted by Crippen LogP contribution is 2.53. The second-order valence-electron chi connectivity index (χ2n) is 8.89. The third kappa shape index (κ3) is 5.36. The molecule has 1 fully saturated rings. The summed E-state index contributed by atoms with van der Waals surface area (Å²) in [7, 11) is -4.09. The molecule has 7 nitrogen and oxygen atoms in total. The quantitative estimate of drug-likeness (QED) is 0.303. The van der Waals surface area contributed by atoms with Gasteiger partial charge in [-0.2, -0.15) is 4.72 Å². The van der Waals surface area contributed by atoms with Crippen LogP contribution in [0.3, 0.4) is 0 Å². The number of pyridine rings is 1. The van der Waals surface area contributed by atoms with E-state index in [0.29, 0.717) is 22.9 Å². The molecule has 0 amide bonds. The van der Waals surface area contributed by atoms with Crippen molar-refractivity contribution in [2.24, 2.45) is 0 Å². The Hall–Kier alpha value is -3.72. The predicted molar refractivity (Wildman–Crippen MR) is 140 cm³/mol. The smallest absolute Gasteiger partial charge is 0.325 e. The van der Waals surface area contributed by atoms with Gasteiger partial charge in [0.05, 0.1) is 4.90 Å². The number of aliphatic carboxylic acids is 1. The molecule has 3 aromatic carbocycles. The fraction of sp³-hybridized carbons (Fsp3) is 0.143. The maximum atomic E-state index is 13.2. The van der Waals surface area contributed by atoms with Crippen molar-refractivity contribution in [3.63, 3.8) is 0 Å². The largest absolute Gasteiger partial charge is 0.489 e. The highest BCUT2D eigenvalue weighted by molar-refractivity contribution is 7.89. The lowest BCUT2D eigenvalue weighted by Gasteiger charge is -2.16. The maximum absolute atomic E-state index is 13.2. The van der Waals surface area contributed by atoms with Crippen molar-refractivity contribution in [2.45, 2.75) is 29.4 Å². The minimum absolute atomic E-state index is 0.00922. The van der Waals surface area contributed by atoms with E-state index in [0.717, 1.165) is 16.7 Å². The van der Waals surface area contributed by atoms with Gasteiger partial charge in [-0.05, 0) is 65.6 Å². The SMILES string of the molecule is O=C(O)[C@@]1(NS(=O)(=O)c2ccc(-c3ccc(Cl)cc3)cc2)C[C@H]1c1cccc(OCc2cccnc2)c1. The summed E-state index contributed by atoms with van der Waals surface area (Å²) >= 11 is 5.94. The first kappa shape index (κ1) is 25.0. The number of benzene rings is 3. The van der Waals surface area contributed by atoms with Crippen LogP contribution in [0.25, 0.3) is 11.1 Å². The fourth-order valence-corrected chi connectivity index (χ4v) is 5.83. The Morgan fingerprint density at radius 2 is 1.73 bits per heavy atom. The van der Waals surface area contributed by atoms with Gasteiger partial charge in [0.25, 0.3) is 0 Å². The number of rotatable bonds is 9. The normalized spacial score (nSPS) is 18.8. The van der Waals surface area contributed by atoms with Crippen LogP contribution in [0.1, 0.15) is 23.5 Å². The summed E-state index contributed by atoms with van der Waals surface area (Å²) in [6.45, 7) is 0.310. The molecule has 9 heteroatoms. The fourth-order valence-electron chi connectivity index (χ4n) is 4.30. The highest BCUT2D eigenvalue weighted by Gasteiger charge is 2.63. The van der Waals surface area contributed by atoms with Crippen LogP contribution in [-0.2, 0) is 21.4 Å². The second-order valence-corrected chi connectivity index (χ2v) is 11.0. The van der Waals surface area contributed by atoms with Crippen molar-refractivity contribution in [3.05, 3.63) is 113 Å². The monoisotopic (exact) mass is 534 g/mol. The Morgan fingerprint density at radius 1 is 1.03 bits per heavy atom. The highest BCUT2D eigenvalue weighted by atomic mass is 35.5. The molecule has 0 aliphatic heterocycles. The van der Waals surface area contributed by atoms with Crippen LogP contribution in [0.2, 0.25) is 5.02 Å². The Bertz CT molecular complexity index is 1530. The van der Waals surface area contributed by atoms with Crippen molar-refractivity contribution in [3.8, 4) is 16.9 Å². The van der Waals surface area contributed by atoms with Crippen LogP contribution in [0.5, 0.6) is 5.75 Å². The maximum Gasteiger partial charge on any atom is 0.325 e. The first-order valence-electron chi connectivity index (χ1n) is 11.5. The van der Waals surface area contributed by atoms with Crippen molar-refractivity contribution < 1.29 is 23.1 Å². The van der Waals surface area contributed by atoms with Crippen LogP contribution < -0.4 is 9.46 Å². The first-order valence-corrected chi connectivity index (χ1v) is 13.4. The minimum atomic E-state index is -4.09. The van der Waals surface area contributed by atoms with Crippen molar-refractivity contribution in [1.82, 2.24) is 9.71 Å². The van der Waals surface area contributed by atoms with Crippen LogP contribution in [0.15, 0.2) is 102 Å². The van der Waals surface area contributed by atoms with Crippen LogP contribution in [0, 0.1) is 0 Å². The standard InChI is InChI=1S/C28H23ClN2O5S/c29-23-10-6-20(7-11-23)21-8-12-25(13-9-21)37(34,35)31-28(27(32)33)16-26(28)22-4-1-5-24(15-22)36-18-19-3-2-14-30-17-19/h1-15,17,26,31H,16,18H2,(H,32,33)/t26-,28+/m0/s1. The lowest BCUT2D eigenvalue weighted by molar-refractivity contribution is -0.140. The minimum Gasteiger partial charge on any atom is -0.489 e. The van der Waals surface area contributed by atoms with E-state index in [1.807, 2.05) is 24.3 Å². The van der Waals surface area contributed by atoms with Crippen molar-refractivity contribution in [2.75, 3.05) is 0 Å². The van der Waals surface area contributed by atoms with Crippen molar-refractivity contribution >= 4 is 27.6 Å². The van der Waals surface area contributed by atoms with Gasteiger partial charge >= 0.3 is 5.97 Å². The van der Waals surface area contributed by atoms with E-state index >= 15 is 0 Å². The molecule has 0 unspecified atom stereocenters. The first-order chi connectivity index (χ1) is 17.8. The van der Waals surface area contributed by atoms with E-state index in [4.69, 9.17) is 16.3 Å². The molecule has 1 aliphatic carbocycles. The van der Waals surface area contributed by atoms with Gasteiger partial charge < -0.3 is 9.84 Å². The Kier molecular flexibility index (Phi) is 6.72. The molecule has 188 valence electrons. The molecule has 5 rings (SSSR count). The number of hydrogen-bond acceptors (Lipinski definition) is 5. The summed E-state index contributed by atoms with van der Waals surface area (Å²) < 4.78 is 34.6. The van der Waals surface area contributed by atoms with Crippen LogP contribution in [-0.4, -0.2) is 30.0 Å². The van der Waals surface area contributed by atoms with E-state index in [9.17, 15) is 18.3 Å². The van der Waals surface area contributed by atoms with E-state index < -0.39 is 27.4 Å². The molecule has 0 saturated heterocycles. The zero-order valence-corrected chi connectivity index (χ0v) is 21.1. The molecule has 1 aliphatic rings. The van der Waals surface area contributed by atoms with Gasteiger partial charge in [0, 0.05) is 28.9 Å². The van der Waals surface area contributed by atoms with Gasteiger partial charge in [0.1, 0.15) is 17.9 Å². The predicted octanol–water partition coefficient (Wildman–Crippen LogP) is 5.27. The number of nitrogens with zero attached hydrogens (tertiary/aromatic N) is 1. The van der Waals surface area contributed by atoms with Gasteiger partial charge in [-0.25, -0.2) is 8.42 Å². The van der Waals surface area contributed by atoms with Gasteiger partial charge in [-0.15, -0.1) is 0 Å². The molecular weight excluding hydrogens is 512 g/mol. The third-order valence-corrected chi connectivity index (χ3v) is 8.17. The number of sulfonamides is 1. The Balaban J connectivity index is 1.32. The lowest BCUT2D eigenvalue weighted by atomic mass is 10.1. The van der Waals surface area contributed by atoms with Crippen LogP contribution in [0.4, 0.5) is 0 Å². The average molecular weight is 535 g/mol. The zero-order chi connectivity index (χ0) is 26.0. The number of carbonyl (C=O) groups is 1. The van der Waals surface area contributed by atoms with Gasteiger partial charge in [0.2, 0.25) is 10.0 Å². The molecule has 0 bridgehead atoms. The Morgan fingerprint density at radius 3 is 2.38 bits per heavy atom. The van der Waals surface area contributed by atoms with E-state index in [-0.39, 0.29) is 11.3 Å². The summed E-state index contributed by atoms with van der Waals surface area (Å²) in [5, 5.41) is 10.6. The van der Waals surface area contributed by atoms with Gasteiger partial charge in [0.15, 0.2) is 0 Å². The van der Waals surface area contributed by atoms with Gasteiger partial charge in [-0.3, -0.25) is 9.78 Å². The number of halogens is 1. The number of ether oxygens (including phenoxy) is 1. The molecule has 2 N–H and O–H groups in total. The molecular formula is C28H23ClN2O5S. The van der Waals surface area contributed by atoms with E-state index in [2.05, 4.69) is 9.71 Å². The summed E-state index contributed by atoms with van der Waals surface area (Å²) in [6, 6.07) is 24.3. The van der Waals surface area contributed by atoms with E-state index in [1.165, 1.54) is 12.1 Å². The van der Waals surface area contributed by atoms with Crippen molar-refractivity contribution in [1.29, 1.82) is 0 Å². The van der Waals surface area contributed by atoms with E-state index in [1.54, 1.807) is 60.9 Å². The second kappa shape index (κ2) is 9.97.